The number of aromatic nitrogens is 1. The predicted molar refractivity (Wildman–Crippen MR) is 94.0 cm³/mol. The fourth-order valence-electron chi connectivity index (χ4n) is 3.74. The van der Waals surface area contributed by atoms with Gasteiger partial charge in [0.05, 0.1) is 16.1 Å². The molecule has 2 aromatic heterocycles. The van der Waals surface area contributed by atoms with Gasteiger partial charge in [0.1, 0.15) is 17.1 Å². The summed E-state index contributed by atoms with van der Waals surface area (Å²) < 4.78 is 7.81. The quantitative estimate of drug-likeness (QED) is 0.585. The van der Waals surface area contributed by atoms with E-state index in [0.29, 0.717) is 28.7 Å². The Morgan fingerprint density at radius 2 is 1.83 bits per heavy atom. The topological polar surface area (TPSA) is 55.4 Å². The number of phenolic OH excluding ortho intramolecular Hbond substituents is 1. The Bertz CT molecular complexity index is 1200. The number of hydrogen-bond donors (Lipinski definition) is 1. The Balaban J connectivity index is 2.08. The third-order valence-corrected chi connectivity index (χ3v) is 4.80. The number of benzene rings is 2. The largest absolute Gasteiger partial charge is 0.507 e. The summed E-state index contributed by atoms with van der Waals surface area (Å²) in [7, 11) is 0. The van der Waals surface area contributed by atoms with Crippen LogP contribution in [0.1, 0.15) is 12.8 Å². The van der Waals surface area contributed by atoms with Gasteiger partial charge in [0.2, 0.25) is 0 Å². The van der Waals surface area contributed by atoms with Crippen LogP contribution in [0.2, 0.25) is 0 Å². The second kappa shape index (κ2) is 4.74. The van der Waals surface area contributed by atoms with Gasteiger partial charge in [-0.25, -0.2) is 0 Å². The van der Waals surface area contributed by atoms with E-state index in [1.54, 1.807) is 16.7 Å². The molecule has 0 fully saturated rings. The number of fused-ring (bicyclic) bond motifs is 2. The monoisotopic (exact) mass is 317 g/mol. The Hall–Kier alpha value is -3.01. The second-order valence-electron chi connectivity index (χ2n) is 6.19. The van der Waals surface area contributed by atoms with Gasteiger partial charge in [-0.2, -0.15) is 0 Å². The van der Waals surface area contributed by atoms with Crippen LogP contribution in [0.4, 0.5) is 0 Å². The van der Waals surface area contributed by atoms with Crippen LogP contribution in [-0.4, -0.2) is 9.67 Å². The molecule has 1 aliphatic heterocycles. The van der Waals surface area contributed by atoms with Gasteiger partial charge in [-0.15, -0.1) is 0 Å². The molecule has 24 heavy (non-hydrogen) atoms. The van der Waals surface area contributed by atoms with Crippen molar-refractivity contribution < 1.29 is 9.52 Å². The SMILES string of the molecule is O=c1c2c(-c3ccccc3)oc3ccc(O)c(c4n1CCCC=4)c32. The predicted octanol–water partition coefficient (Wildman–Crippen LogP) is 3.41. The van der Waals surface area contributed by atoms with Crippen molar-refractivity contribution in [1.82, 2.24) is 4.57 Å². The van der Waals surface area contributed by atoms with Crippen LogP contribution in [0, 0.1) is 0 Å². The Kier molecular flexibility index (Phi) is 2.65. The van der Waals surface area contributed by atoms with Crippen molar-refractivity contribution in [3.63, 3.8) is 0 Å². The van der Waals surface area contributed by atoms with Crippen LogP contribution in [0.5, 0.6) is 5.75 Å². The van der Waals surface area contributed by atoms with Gasteiger partial charge in [0.25, 0.3) is 5.56 Å². The van der Waals surface area contributed by atoms with E-state index in [0.717, 1.165) is 29.1 Å². The van der Waals surface area contributed by atoms with Gasteiger partial charge in [-0.3, -0.25) is 4.79 Å². The standard InChI is InChI=1S/C20H15NO3/c22-14-9-10-15-17-16(14)13-8-4-5-11-21(13)20(23)18(17)19(24-15)12-6-2-1-3-7-12/h1-3,6-10,22H,4-5,11H2. The fourth-order valence-corrected chi connectivity index (χ4v) is 3.74. The maximum atomic E-state index is 13.1. The molecular weight excluding hydrogens is 302 g/mol. The summed E-state index contributed by atoms with van der Waals surface area (Å²) in [5, 5.41) is 13.3. The summed E-state index contributed by atoms with van der Waals surface area (Å²) in [6.45, 7) is 0.666. The highest BCUT2D eigenvalue weighted by Gasteiger charge is 2.23. The summed E-state index contributed by atoms with van der Waals surface area (Å²) in [5.41, 5.74) is 1.46. The minimum Gasteiger partial charge on any atom is -0.507 e. The molecule has 0 amide bonds. The highest BCUT2D eigenvalue weighted by atomic mass is 16.3. The average Bonchev–Trinajstić information content (AvgIpc) is 3.01. The van der Waals surface area contributed by atoms with Crippen LogP contribution >= 0.6 is 0 Å². The Morgan fingerprint density at radius 1 is 1.00 bits per heavy atom. The van der Waals surface area contributed by atoms with Gasteiger partial charge < -0.3 is 14.1 Å². The first-order valence-corrected chi connectivity index (χ1v) is 8.12. The average molecular weight is 317 g/mol. The van der Waals surface area contributed by atoms with Crippen molar-refractivity contribution in [3.05, 3.63) is 58.2 Å². The molecule has 118 valence electrons. The van der Waals surface area contributed by atoms with E-state index < -0.39 is 0 Å². The summed E-state index contributed by atoms with van der Waals surface area (Å²) in [6, 6.07) is 13.0. The molecule has 1 aliphatic rings. The molecule has 0 bridgehead atoms. The molecule has 3 heterocycles. The molecule has 0 atom stereocenters. The molecule has 5 rings (SSSR count). The first-order chi connectivity index (χ1) is 11.8. The molecule has 4 nitrogen and oxygen atoms in total. The Labute approximate surface area is 137 Å². The third-order valence-electron chi connectivity index (χ3n) is 4.80. The van der Waals surface area contributed by atoms with Gasteiger partial charge in [0.15, 0.2) is 0 Å². The van der Waals surface area contributed by atoms with E-state index in [-0.39, 0.29) is 11.3 Å². The molecule has 2 aromatic carbocycles. The van der Waals surface area contributed by atoms with Crippen LogP contribution < -0.4 is 10.9 Å². The van der Waals surface area contributed by atoms with Crippen LogP contribution in [0.25, 0.3) is 39.1 Å². The lowest BCUT2D eigenvalue weighted by Gasteiger charge is -2.14. The minimum absolute atomic E-state index is 0.0448. The smallest absolute Gasteiger partial charge is 0.262 e. The molecule has 0 radical (unpaired) electrons. The van der Waals surface area contributed by atoms with Crippen LogP contribution in [0.15, 0.2) is 51.7 Å². The van der Waals surface area contributed by atoms with Crippen molar-refractivity contribution >= 4 is 27.8 Å². The van der Waals surface area contributed by atoms with Crippen molar-refractivity contribution in [2.45, 2.75) is 19.4 Å². The normalized spacial score (nSPS) is 14.0. The molecule has 0 aliphatic carbocycles. The van der Waals surface area contributed by atoms with E-state index in [9.17, 15) is 9.90 Å². The van der Waals surface area contributed by atoms with E-state index >= 15 is 0 Å². The molecule has 4 heteroatoms. The minimum atomic E-state index is -0.0448. The van der Waals surface area contributed by atoms with E-state index in [2.05, 4.69) is 0 Å². The van der Waals surface area contributed by atoms with Gasteiger partial charge >= 0.3 is 0 Å². The molecule has 1 N–H and O–H groups in total. The van der Waals surface area contributed by atoms with Crippen molar-refractivity contribution in [2.75, 3.05) is 0 Å². The van der Waals surface area contributed by atoms with E-state index in [1.807, 2.05) is 36.4 Å². The zero-order valence-corrected chi connectivity index (χ0v) is 13.0. The van der Waals surface area contributed by atoms with Crippen LogP contribution in [-0.2, 0) is 6.54 Å². The third kappa shape index (κ3) is 1.65. The number of rotatable bonds is 1. The van der Waals surface area contributed by atoms with E-state index in [1.165, 1.54) is 0 Å². The van der Waals surface area contributed by atoms with Gasteiger partial charge in [-0.1, -0.05) is 36.4 Å². The number of aromatic hydroxyl groups is 1. The molecule has 4 aromatic rings. The summed E-state index contributed by atoms with van der Waals surface area (Å²) in [4.78, 5) is 13.1. The zero-order valence-electron chi connectivity index (χ0n) is 13.0. The van der Waals surface area contributed by atoms with Crippen molar-refractivity contribution in [3.8, 4) is 17.1 Å². The maximum absolute atomic E-state index is 13.1. The van der Waals surface area contributed by atoms with E-state index in [4.69, 9.17) is 4.42 Å². The summed E-state index contributed by atoms with van der Waals surface area (Å²) in [5.74, 6) is 0.766. The number of hydrogen-bond acceptors (Lipinski definition) is 3. The van der Waals surface area contributed by atoms with Gasteiger partial charge in [-0.05, 0) is 25.0 Å². The number of phenols is 1. The fraction of sp³-hybridized carbons (Fsp3) is 0.150. The highest BCUT2D eigenvalue weighted by Crippen LogP contribution is 2.37. The van der Waals surface area contributed by atoms with Crippen LogP contribution in [0.3, 0.4) is 0 Å². The highest BCUT2D eigenvalue weighted by molar-refractivity contribution is 6.14. The first kappa shape index (κ1) is 13.4. The molecular formula is C20H15NO3. The number of nitrogens with zero attached hydrogens (tertiary/aromatic N) is 1. The maximum Gasteiger partial charge on any atom is 0.262 e. The number of pyridine rings is 1. The zero-order chi connectivity index (χ0) is 16.3. The molecule has 0 saturated carbocycles. The lowest BCUT2D eigenvalue weighted by molar-refractivity contribution is 0.480. The molecule has 0 saturated heterocycles. The summed E-state index contributed by atoms with van der Waals surface area (Å²) in [6.07, 6.45) is 3.88. The van der Waals surface area contributed by atoms with Crippen molar-refractivity contribution in [1.29, 1.82) is 0 Å². The number of furan rings is 1. The first-order valence-electron chi connectivity index (χ1n) is 8.12. The molecule has 0 unspecified atom stereocenters. The van der Waals surface area contributed by atoms with Gasteiger partial charge in [0, 0.05) is 17.5 Å². The summed E-state index contributed by atoms with van der Waals surface area (Å²) >= 11 is 0. The lowest BCUT2D eigenvalue weighted by Crippen LogP contribution is -2.35. The van der Waals surface area contributed by atoms with Crippen molar-refractivity contribution in [2.24, 2.45) is 0 Å². The molecule has 0 spiro atoms. The Morgan fingerprint density at radius 3 is 2.67 bits per heavy atom. The second-order valence-corrected chi connectivity index (χ2v) is 6.19. The lowest BCUT2D eigenvalue weighted by atomic mass is 10.0.